The van der Waals surface area contributed by atoms with E-state index in [0.717, 1.165) is 23.0 Å². The number of hydrogen-bond acceptors (Lipinski definition) is 4. The van der Waals surface area contributed by atoms with Gasteiger partial charge in [0.1, 0.15) is 17.5 Å². The summed E-state index contributed by atoms with van der Waals surface area (Å²) in [6.45, 7) is 8.73. The van der Waals surface area contributed by atoms with E-state index < -0.39 is 0 Å². The van der Waals surface area contributed by atoms with E-state index in [-0.39, 0.29) is 0 Å². The quantitative estimate of drug-likeness (QED) is 0.875. The lowest BCUT2D eigenvalue weighted by molar-refractivity contribution is 0.229. The highest BCUT2D eigenvalue weighted by Crippen LogP contribution is 2.36. The SMILES string of the molecule is CNc1nc(C)nc(NC2CCCC(C)(C)C2)c1C. The van der Waals surface area contributed by atoms with E-state index in [2.05, 4.69) is 41.4 Å². The van der Waals surface area contributed by atoms with Gasteiger partial charge < -0.3 is 10.6 Å². The van der Waals surface area contributed by atoms with E-state index in [4.69, 9.17) is 0 Å². The normalized spacial score (nSPS) is 22.1. The Morgan fingerprint density at radius 2 is 1.84 bits per heavy atom. The molecule has 0 bridgehead atoms. The van der Waals surface area contributed by atoms with Gasteiger partial charge >= 0.3 is 0 Å². The summed E-state index contributed by atoms with van der Waals surface area (Å²) in [5, 5.41) is 6.77. The molecule has 1 unspecified atom stereocenters. The van der Waals surface area contributed by atoms with Crippen LogP contribution in [0.15, 0.2) is 0 Å². The zero-order valence-electron chi connectivity index (χ0n) is 12.8. The molecule has 1 aliphatic rings. The highest BCUT2D eigenvalue weighted by Gasteiger charge is 2.28. The monoisotopic (exact) mass is 262 g/mol. The van der Waals surface area contributed by atoms with Gasteiger partial charge in [-0.05, 0) is 38.5 Å². The van der Waals surface area contributed by atoms with Crippen molar-refractivity contribution in [2.24, 2.45) is 5.41 Å². The molecular weight excluding hydrogens is 236 g/mol. The predicted octanol–water partition coefficient (Wildman–Crippen LogP) is 3.52. The second kappa shape index (κ2) is 5.35. The minimum absolute atomic E-state index is 0.442. The van der Waals surface area contributed by atoms with Crippen LogP contribution in [-0.2, 0) is 0 Å². The van der Waals surface area contributed by atoms with Gasteiger partial charge in [0.05, 0.1) is 0 Å². The Kier molecular flexibility index (Phi) is 3.97. The van der Waals surface area contributed by atoms with E-state index >= 15 is 0 Å². The van der Waals surface area contributed by atoms with Crippen LogP contribution < -0.4 is 10.6 Å². The summed E-state index contributed by atoms with van der Waals surface area (Å²) < 4.78 is 0. The van der Waals surface area contributed by atoms with Gasteiger partial charge in [0, 0.05) is 18.7 Å². The third-order valence-corrected chi connectivity index (χ3v) is 4.04. The lowest BCUT2D eigenvalue weighted by atomic mass is 9.75. The van der Waals surface area contributed by atoms with E-state index in [1.807, 2.05) is 14.0 Å². The Balaban J connectivity index is 2.17. The van der Waals surface area contributed by atoms with E-state index in [0.29, 0.717) is 11.5 Å². The molecule has 19 heavy (non-hydrogen) atoms. The average molecular weight is 262 g/mol. The van der Waals surface area contributed by atoms with Crippen LogP contribution in [-0.4, -0.2) is 23.1 Å². The van der Waals surface area contributed by atoms with Gasteiger partial charge in [-0.15, -0.1) is 0 Å². The van der Waals surface area contributed by atoms with Crippen molar-refractivity contribution in [1.82, 2.24) is 9.97 Å². The van der Waals surface area contributed by atoms with Crippen molar-refractivity contribution in [2.45, 2.75) is 59.4 Å². The van der Waals surface area contributed by atoms with Crippen molar-refractivity contribution in [3.63, 3.8) is 0 Å². The van der Waals surface area contributed by atoms with Crippen molar-refractivity contribution in [2.75, 3.05) is 17.7 Å². The summed E-state index contributed by atoms with van der Waals surface area (Å²) in [5.41, 5.74) is 1.55. The van der Waals surface area contributed by atoms with Crippen molar-refractivity contribution in [3.8, 4) is 0 Å². The van der Waals surface area contributed by atoms with Gasteiger partial charge in [0.25, 0.3) is 0 Å². The van der Waals surface area contributed by atoms with Crippen molar-refractivity contribution >= 4 is 11.6 Å². The lowest BCUT2D eigenvalue weighted by Crippen LogP contribution is -2.32. The van der Waals surface area contributed by atoms with Gasteiger partial charge in [-0.25, -0.2) is 9.97 Å². The number of nitrogens with one attached hydrogen (secondary N) is 2. The van der Waals surface area contributed by atoms with Gasteiger partial charge in [0.15, 0.2) is 0 Å². The first kappa shape index (κ1) is 14.1. The Morgan fingerprint density at radius 3 is 2.47 bits per heavy atom. The number of rotatable bonds is 3. The maximum atomic E-state index is 4.56. The summed E-state index contributed by atoms with van der Waals surface area (Å²) in [4.78, 5) is 8.97. The molecule has 0 aromatic carbocycles. The van der Waals surface area contributed by atoms with Crippen LogP contribution in [0.2, 0.25) is 0 Å². The summed E-state index contributed by atoms with van der Waals surface area (Å²) in [5.74, 6) is 2.72. The predicted molar refractivity (Wildman–Crippen MR) is 80.7 cm³/mol. The Bertz CT molecular complexity index is 454. The zero-order chi connectivity index (χ0) is 14.0. The fraction of sp³-hybridized carbons (Fsp3) is 0.733. The number of aromatic nitrogens is 2. The molecule has 1 aromatic heterocycles. The van der Waals surface area contributed by atoms with Crippen LogP contribution >= 0.6 is 0 Å². The first-order chi connectivity index (χ1) is 8.91. The molecule has 1 aromatic rings. The van der Waals surface area contributed by atoms with Crippen LogP contribution in [0.4, 0.5) is 11.6 Å². The van der Waals surface area contributed by atoms with Crippen LogP contribution in [0.25, 0.3) is 0 Å². The molecule has 0 saturated heterocycles. The van der Waals surface area contributed by atoms with Crippen molar-refractivity contribution < 1.29 is 0 Å². The second-order valence-corrected chi connectivity index (χ2v) is 6.44. The smallest absolute Gasteiger partial charge is 0.134 e. The molecule has 2 rings (SSSR count). The first-order valence-electron chi connectivity index (χ1n) is 7.21. The standard InChI is InChI=1S/C15H26N4/c1-10-13(16-5)17-11(2)18-14(10)19-12-7-6-8-15(3,4)9-12/h12H,6-9H2,1-5H3,(H2,16,17,18,19). The molecule has 1 heterocycles. The largest absolute Gasteiger partial charge is 0.373 e. The maximum Gasteiger partial charge on any atom is 0.134 e. The lowest BCUT2D eigenvalue weighted by Gasteiger charge is -2.36. The highest BCUT2D eigenvalue weighted by molar-refractivity contribution is 5.57. The maximum absolute atomic E-state index is 4.56. The molecule has 1 saturated carbocycles. The van der Waals surface area contributed by atoms with Gasteiger partial charge in [0.2, 0.25) is 0 Å². The molecule has 2 N–H and O–H groups in total. The van der Waals surface area contributed by atoms with Crippen molar-refractivity contribution in [1.29, 1.82) is 0 Å². The van der Waals surface area contributed by atoms with E-state index in [9.17, 15) is 0 Å². The molecule has 0 spiro atoms. The molecule has 1 atom stereocenters. The van der Waals surface area contributed by atoms with Gasteiger partial charge in [-0.2, -0.15) is 0 Å². The molecule has 0 amide bonds. The van der Waals surface area contributed by atoms with Gasteiger partial charge in [-0.3, -0.25) is 0 Å². The first-order valence-corrected chi connectivity index (χ1v) is 7.21. The van der Waals surface area contributed by atoms with E-state index in [1.54, 1.807) is 0 Å². The number of hydrogen-bond donors (Lipinski definition) is 2. The third kappa shape index (κ3) is 3.37. The summed E-state index contributed by atoms with van der Waals surface area (Å²) in [6, 6.07) is 0.529. The van der Waals surface area contributed by atoms with Crippen LogP contribution in [0.5, 0.6) is 0 Å². The molecule has 1 fully saturated rings. The fourth-order valence-corrected chi connectivity index (χ4v) is 3.03. The molecule has 0 radical (unpaired) electrons. The molecule has 106 valence electrons. The third-order valence-electron chi connectivity index (χ3n) is 4.04. The Morgan fingerprint density at radius 1 is 1.16 bits per heavy atom. The highest BCUT2D eigenvalue weighted by atomic mass is 15.1. The summed E-state index contributed by atoms with van der Waals surface area (Å²) in [6.07, 6.45) is 5.08. The molecular formula is C15H26N4. The second-order valence-electron chi connectivity index (χ2n) is 6.44. The molecule has 4 heteroatoms. The number of aryl methyl sites for hydroxylation is 1. The van der Waals surface area contributed by atoms with E-state index in [1.165, 1.54) is 25.7 Å². The van der Waals surface area contributed by atoms with Crippen LogP contribution in [0.3, 0.4) is 0 Å². The number of anilines is 2. The minimum atomic E-state index is 0.442. The average Bonchev–Trinajstić information content (AvgIpc) is 2.32. The summed E-state index contributed by atoms with van der Waals surface area (Å²) in [7, 11) is 1.91. The van der Waals surface area contributed by atoms with Crippen LogP contribution in [0, 0.1) is 19.3 Å². The van der Waals surface area contributed by atoms with Gasteiger partial charge in [-0.1, -0.05) is 20.3 Å². The zero-order valence-corrected chi connectivity index (χ0v) is 12.8. The summed E-state index contributed by atoms with van der Waals surface area (Å²) >= 11 is 0. The van der Waals surface area contributed by atoms with Crippen LogP contribution in [0.1, 0.15) is 50.9 Å². The fourth-order valence-electron chi connectivity index (χ4n) is 3.03. The molecule has 0 aliphatic heterocycles. The molecule has 4 nitrogen and oxygen atoms in total. The minimum Gasteiger partial charge on any atom is -0.373 e. The van der Waals surface area contributed by atoms with Crippen molar-refractivity contribution in [3.05, 3.63) is 11.4 Å². The molecule has 1 aliphatic carbocycles. The Hall–Kier alpha value is -1.32. The Labute approximate surface area is 116 Å². The topological polar surface area (TPSA) is 49.8 Å². The number of nitrogens with zero attached hydrogens (tertiary/aromatic N) is 2.